The maximum absolute atomic E-state index is 12.8. The molecular formula is C21H29N3O5S2. The summed E-state index contributed by atoms with van der Waals surface area (Å²) >= 11 is 0. The molecule has 0 aliphatic rings. The molecule has 0 saturated heterocycles. The number of carbonyl (C=O) groups excluding carboxylic acids is 1. The smallest absolute Gasteiger partial charge is 0.240 e. The number of aryl methyl sites for hydroxylation is 3. The lowest BCUT2D eigenvalue weighted by molar-refractivity contribution is -0.116. The summed E-state index contributed by atoms with van der Waals surface area (Å²) in [7, 11) is -6.12. The van der Waals surface area contributed by atoms with Gasteiger partial charge in [-0.25, -0.2) is 21.6 Å². The van der Waals surface area contributed by atoms with Crippen molar-refractivity contribution >= 4 is 37.3 Å². The van der Waals surface area contributed by atoms with Gasteiger partial charge in [-0.15, -0.1) is 0 Å². The Morgan fingerprint density at radius 2 is 1.61 bits per heavy atom. The molecule has 0 aliphatic carbocycles. The number of sulfonamides is 2. The molecule has 0 unspecified atom stereocenters. The van der Waals surface area contributed by atoms with Gasteiger partial charge in [-0.05, 0) is 56.5 Å². The standard InChI is InChI=1S/C21H29N3O5S2/c1-14-7-9-18(16(3)13-14)23-20(25)11-12-22-31(28,29)19-10-8-15(2)21(17(19)4)24(5)30(6,26)27/h7-10,13,22H,11-12H2,1-6H3,(H,23,25). The van der Waals surface area contributed by atoms with Gasteiger partial charge in [0.25, 0.3) is 0 Å². The molecule has 0 bridgehead atoms. The third-order valence-electron chi connectivity index (χ3n) is 4.99. The second kappa shape index (κ2) is 9.37. The van der Waals surface area contributed by atoms with Crippen LogP contribution in [0, 0.1) is 27.7 Å². The molecule has 10 heteroatoms. The van der Waals surface area contributed by atoms with Gasteiger partial charge in [-0.3, -0.25) is 9.10 Å². The van der Waals surface area contributed by atoms with E-state index in [0.717, 1.165) is 21.7 Å². The van der Waals surface area contributed by atoms with E-state index in [0.29, 0.717) is 22.5 Å². The Morgan fingerprint density at radius 3 is 2.19 bits per heavy atom. The molecule has 0 saturated carbocycles. The average Bonchev–Trinajstić information content (AvgIpc) is 2.62. The van der Waals surface area contributed by atoms with Crippen molar-refractivity contribution in [1.82, 2.24) is 4.72 Å². The number of nitrogens with one attached hydrogen (secondary N) is 2. The minimum absolute atomic E-state index is 0.0293. The van der Waals surface area contributed by atoms with Crippen molar-refractivity contribution in [3.8, 4) is 0 Å². The Balaban J connectivity index is 2.13. The highest BCUT2D eigenvalue weighted by atomic mass is 32.2. The lowest BCUT2D eigenvalue weighted by Gasteiger charge is -2.23. The van der Waals surface area contributed by atoms with Gasteiger partial charge in [0.1, 0.15) is 0 Å². The van der Waals surface area contributed by atoms with Crippen LogP contribution in [0.4, 0.5) is 11.4 Å². The predicted molar refractivity (Wildman–Crippen MR) is 124 cm³/mol. The maximum atomic E-state index is 12.8. The Bertz CT molecular complexity index is 1210. The van der Waals surface area contributed by atoms with Gasteiger partial charge < -0.3 is 5.32 Å². The van der Waals surface area contributed by atoms with Crippen LogP contribution in [-0.4, -0.2) is 42.6 Å². The summed E-state index contributed by atoms with van der Waals surface area (Å²) in [5.74, 6) is -0.312. The van der Waals surface area contributed by atoms with Crippen LogP contribution in [0.3, 0.4) is 0 Å². The summed E-state index contributed by atoms with van der Waals surface area (Å²) in [5.41, 5.74) is 3.96. The van der Waals surface area contributed by atoms with Gasteiger partial charge in [0.05, 0.1) is 16.8 Å². The Kier molecular flexibility index (Phi) is 7.51. The second-order valence-electron chi connectivity index (χ2n) is 7.60. The molecule has 2 aromatic rings. The molecule has 2 N–H and O–H groups in total. The lowest BCUT2D eigenvalue weighted by Crippen LogP contribution is -2.30. The molecule has 8 nitrogen and oxygen atoms in total. The molecule has 1 amide bonds. The SMILES string of the molecule is Cc1ccc(NC(=O)CCNS(=O)(=O)c2ccc(C)c(N(C)S(C)(=O)=O)c2C)c(C)c1. The Labute approximate surface area is 184 Å². The van der Waals surface area contributed by atoms with Crippen molar-refractivity contribution in [3.05, 3.63) is 52.6 Å². The van der Waals surface area contributed by atoms with Crippen LogP contribution in [0.15, 0.2) is 35.2 Å². The quantitative estimate of drug-likeness (QED) is 0.620. The third kappa shape index (κ3) is 6.05. The first-order valence-corrected chi connectivity index (χ1v) is 13.0. The highest BCUT2D eigenvalue weighted by Gasteiger charge is 2.24. The minimum atomic E-state index is -3.94. The first-order valence-electron chi connectivity index (χ1n) is 9.65. The lowest BCUT2D eigenvalue weighted by atomic mass is 10.1. The number of carbonyl (C=O) groups is 1. The van der Waals surface area contributed by atoms with Crippen LogP contribution in [0.2, 0.25) is 0 Å². The summed E-state index contributed by atoms with van der Waals surface area (Å²) in [6.07, 6.45) is 1.01. The molecule has 0 radical (unpaired) electrons. The van der Waals surface area contributed by atoms with Crippen LogP contribution in [0.5, 0.6) is 0 Å². The van der Waals surface area contributed by atoms with E-state index in [2.05, 4.69) is 10.0 Å². The molecule has 170 valence electrons. The second-order valence-corrected chi connectivity index (χ2v) is 11.3. The first kappa shape index (κ1) is 24.8. The molecule has 0 atom stereocenters. The zero-order valence-electron chi connectivity index (χ0n) is 18.6. The number of rotatable bonds is 8. The minimum Gasteiger partial charge on any atom is -0.326 e. The van der Waals surface area contributed by atoms with Gasteiger partial charge in [0, 0.05) is 25.7 Å². The van der Waals surface area contributed by atoms with E-state index in [4.69, 9.17) is 0 Å². The molecule has 0 spiro atoms. The van der Waals surface area contributed by atoms with Crippen molar-refractivity contribution < 1.29 is 21.6 Å². The fraction of sp³-hybridized carbons (Fsp3) is 0.381. The van der Waals surface area contributed by atoms with E-state index < -0.39 is 20.0 Å². The molecule has 2 rings (SSSR count). The summed E-state index contributed by atoms with van der Waals surface area (Å²) in [6.45, 7) is 7.02. The van der Waals surface area contributed by atoms with Crippen LogP contribution in [0.1, 0.15) is 28.7 Å². The zero-order valence-corrected chi connectivity index (χ0v) is 20.2. The topological polar surface area (TPSA) is 113 Å². The average molecular weight is 468 g/mol. The molecule has 31 heavy (non-hydrogen) atoms. The molecular weight excluding hydrogens is 438 g/mol. The number of hydrogen-bond donors (Lipinski definition) is 2. The van der Waals surface area contributed by atoms with Gasteiger partial charge in [-0.2, -0.15) is 0 Å². The zero-order chi connectivity index (χ0) is 23.6. The van der Waals surface area contributed by atoms with Crippen LogP contribution < -0.4 is 14.3 Å². The summed E-state index contributed by atoms with van der Waals surface area (Å²) in [5, 5.41) is 2.78. The Morgan fingerprint density at radius 1 is 0.968 bits per heavy atom. The molecule has 0 aliphatic heterocycles. The number of hydrogen-bond acceptors (Lipinski definition) is 5. The van der Waals surface area contributed by atoms with E-state index >= 15 is 0 Å². The van der Waals surface area contributed by atoms with Crippen molar-refractivity contribution in [2.45, 2.75) is 39.0 Å². The van der Waals surface area contributed by atoms with E-state index in [1.165, 1.54) is 13.1 Å². The number of benzene rings is 2. The predicted octanol–water partition coefficient (Wildman–Crippen LogP) is 2.62. The van der Waals surface area contributed by atoms with Gasteiger partial charge in [0.15, 0.2) is 0 Å². The fourth-order valence-electron chi connectivity index (χ4n) is 3.30. The summed E-state index contributed by atoms with van der Waals surface area (Å²) in [4.78, 5) is 12.2. The fourth-order valence-corrected chi connectivity index (χ4v) is 5.19. The number of nitrogens with zero attached hydrogens (tertiary/aromatic N) is 1. The molecule has 0 aromatic heterocycles. The Hall–Kier alpha value is -2.43. The van der Waals surface area contributed by atoms with Crippen molar-refractivity contribution in [3.63, 3.8) is 0 Å². The highest BCUT2D eigenvalue weighted by molar-refractivity contribution is 7.92. The monoisotopic (exact) mass is 467 g/mol. The maximum Gasteiger partial charge on any atom is 0.240 e. The van der Waals surface area contributed by atoms with Crippen molar-refractivity contribution in [2.24, 2.45) is 0 Å². The number of amides is 1. The van der Waals surface area contributed by atoms with Gasteiger partial charge >= 0.3 is 0 Å². The van der Waals surface area contributed by atoms with Crippen LogP contribution in [0.25, 0.3) is 0 Å². The summed E-state index contributed by atoms with van der Waals surface area (Å²) < 4.78 is 53.0. The van der Waals surface area contributed by atoms with Crippen LogP contribution in [-0.2, 0) is 24.8 Å². The van der Waals surface area contributed by atoms with Crippen molar-refractivity contribution in [2.75, 3.05) is 29.5 Å². The van der Waals surface area contributed by atoms with Crippen molar-refractivity contribution in [1.29, 1.82) is 0 Å². The van der Waals surface area contributed by atoms with Gasteiger partial charge in [0.2, 0.25) is 26.0 Å². The molecule has 2 aromatic carbocycles. The van der Waals surface area contributed by atoms with Crippen LogP contribution >= 0.6 is 0 Å². The molecule has 0 fully saturated rings. The highest BCUT2D eigenvalue weighted by Crippen LogP contribution is 2.30. The van der Waals surface area contributed by atoms with E-state index in [9.17, 15) is 21.6 Å². The normalized spacial score (nSPS) is 11.9. The molecule has 0 heterocycles. The largest absolute Gasteiger partial charge is 0.326 e. The third-order valence-corrected chi connectivity index (χ3v) is 7.77. The van der Waals surface area contributed by atoms with E-state index in [1.54, 1.807) is 19.9 Å². The number of anilines is 2. The van der Waals surface area contributed by atoms with E-state index in [-0.39, 0.29) is 23.8 Å². The van der Waals surface area contributed by atoms with Gasteiger partial charge in [-0.1, -0.05) is 23.8 Å². The summed E-state index contributed by atoms with van der Waals surface area (Å²) in [6, 6.07) is 8.64. The first-order chi connectivity index (χ1) is 14.2. The van der Waals surface area contributed by atoms with E-state index in [1.807, 2.05) is 32.0 Å².